The first-order chi connectivity index (χ1) is 9.67. The Morgan fingerprint density at radius 1 is 1.20 bits per heavy atom. The quantitative estimate of drug-likeness (QED) is 0.837. The normalized spacial score (nSPS) is 13.2. The van der Waals surface area contributed by atoms with Crippen LogP contribution < -0.4 is 5.73 Å². The van der Waals surface area contributed by atoms with E-state index in [1.165, 1.54) is 17.8 Å². The fraction of sp³-hybridized carbons (Fsp3) is 0.588. The number of rotatable bonds is 7. The van der Waals surface area contributed by atoms with Gasteiger partial charge < -0.3 is 10.3 Å². The molecule has 2 N–H and O–H groups in total. The molecule has 1 aromatic carbocycles. The van der Waals surface area contributed by atoms with E-state index in [-0.39, 0.29) is 0 Å². The lowest BCUT2D eigenvalue weighted by atomic mass is 9.88. The van der Waals surface area contributed by atoms with E-state index >= 15 is 0 Å². The van der Waals surface area contributed by atoms with E-state index in [2.05, 4.69) is 49.6 Å². The van der Waals surface area contributed by atoms with E-state index in [0.717, 1.165) is 31.4 Å². The van der Waals surface area contributed by atoms with Crippen molar-refractivity contribution >= 4 is 11.0 Å². The second-order valence-corrected chi connectivity index (χ2v) is 5.88. The molecule has 0 fully saturated rings. The van der Waals surface area contributed by atoms with Crippen molar-refractivity contribution in [3.05, 3.63) is 30.1 Å². The molecule has 1 heterocycles. The Labute approximate surface area is 122 Å². The second-order valence-electron chi connectivity index (χ2n) is 5.88. The molecule has 1 unspecified atom stereocenters. The third-order valence-electron chi connectivity index (χ3n) is 4.27. The van der Waals surface area contributed by atoms with E-state index in [0.29, 0.717) is 11.8 Å². The van der Waals surface area contributed by atoms with Crippen LogP contribution in [0.4, 0.5) is 0 Å². The van der Waals surface area contributed by atoms with E-state index < -0.39 is 0 Å². The van der Waals surface area contributed by atoms with Gasteiger partial charge in [0.1, 0.15) is 5.82 Å². The molecule has 0 aliphatic carbocycles. The molecule has 0 aliphatic rings. The Kier molecular flexibility index (Phi) is 5.18. The molecule has 0 saturated heterocycles. The van der Waals surface area contributed by atoms with E-state index in [1.54, 1.807) is 0 Å². The highest BCUT2D eigenvalue weighted by Crippen LogP contribution is 2.23. The zero-order valence-electron chi connectivity index (χ0n) is 13.0. The van der Waals surface area contributed by atoms with Gasteiger partial charge in [0.05, 0.1) is 11.0 Å². The largest absolute Gasteiger partial charge is 0.330 e. The molecule has 0 amide bonds. The van der Waals surface area contributed by atoms with E-state index in [9.17, 15) is 0 Å². The van der Waals surface area contributed by atoms with E-state index in [4.69, 9.17) is 10.7 Å². The third-order valence-corrected chi connectivity index (χ3v) is 4.27. The van der Waals surface area contributed by atoms with Crippen molar-refractivity contribution in [3.8, 4) is 0 Å². The van der Waals surface area contributed by atoms with Gasteiger partial charge in [-0.2, -0.15) is 0 Å². The van der Waals surface area contributed by atoms with Gasteiger partial charge in [-0.05, 0) is 50.3 Å². The number of imidazole rings is 1. The Morgan fingerprint density at radius 2 is 1.95 bits per heavy atom. The van der Waals surface area contributed by atoms with Crippen LogP contribution in [0.1, 0.15) is 39.4 Å². The molecule has 1 atom stereocenters. The van der Waals surface area contributed by atoms with Gasteiger partial charge in [0.25, 0.3) is 0 Å². The van der Waals surface area contributed by atoms with Crippen LogP contribution in [0.25, 0.3) is 11.0 Å². The average molecular weight is 273 g/mol. The Balaban J connectivity index is 2.16. The van der Waals surface area contributed by atoms with Crippen LogP contribution in [-0.4, -0.2) is 16.1 Å². The summed E-state index contributed by atoms with van der Waals surface area (Å²) in [6.07, 6.45) is 3.34. The lowest BCUT2D eigenvalue weighted by molar-refractivity contribution is 0.338. The number of fused-ring (bicyclic) bond motifs is 1. The van der Waals surface area contributed by atoms with Gasteiger partial charge in [-0.3, -0.25) is 0 Å². The Morgan fingerprint density at radius 3 is 2.60 bits per heavy atom. The van der Waals surface area contributed by atoms with Gasteiger partial charge in [0.2, 0.25) is 0 Å². The molecule has 20 heavy (non-hydrogen) atoms. The van der Waals surface area contributed by atoms with Crippen LogP contribution in [-0.2, 0) is 13.0 Å². The lowest BCUT2D eigenvalue weighted by Gasteiger charge is -2.20. The monoisotopic (exact) mass is 273 g/mol. The molecular formula is C17H27N3. The molecule has 2 rings (SSSR count). The molecule has 110 valence electrons. The third kappa shape index (κ3) is 3.21. The summed E-state index contributed by atoms with van der Waals surface area (Å²) in [4.78, 5) is 4.81. The van der Waals surface area contributed by atoms with Crippen LogP contribution in [0, 0.1) is 11.8 Å². The zero-order valence-corrected chi connectivity index (χ0v) is 13.0. The Hall–Kier alpha value is -1.35. The van der Waals surface area contributed by atoms with E-state index in [1.807, 2.05) is 0 Å². The molecule has 0 saturated carbocycles. The summed E-state index contributed by atoms with van der Waals surface area (Å²) in [5.74, 6) is 2.61. The predicted octanol–water partition coefficient (Wildman–Crippen LogP) is 3.61. The average Bonchev–Trinajstić information content (AvgIpc) is 2.80. The summed E-state index contributed by atoms with van der Waals surface area (Å²) in [6, 6.07) is 8.41. The maximum Gasteiger partial charge on any atom is 0.109 e. The first-order valence-corrected chi connectivity index (χ1v) is 7.81. The van der Waals surface area contributed by atoms with Crippen molar-refractivity contribution in [2.75, 3.05) is 6.54 Å². The SMILES string of the molecule is CCn1c(CCC(CCN)C(C)C)nc2ccccc21. The highest BCUT2D eigenvalue weighted by molar-refractivity contribution is 5.75. The first kappa shape index (κ1) is 15.0. The first-order valence-electron chi connectivity index (χ1n) is 7.81. The highest BCUT2D eigenvalue weighted by Gasteiger charge is 2.15. The van der Waals surface area contributed by atoms with Gasteiger partial charge in [-0.25, -0.2) is 4.98 Å². The van der Waals surface area contributed by atoms with Crippen molar-refractivity contribution in [3.63, 3.8) is 0 Å². The standard InChI is InChI=1S/C17H27N3/c1-4-20-16-8-6-5-7-15(16)19-17(20)10-9-14(11-12-18)13(2)3/h5-8,13-14H,4,9-12,18H2,1-3H3. The fourth-order valence-electron chi connectivity index (χ4n) is 3.01. The van der Waals surface area contributed by atoms with Crippen LogP contribution in [0.3, 0.4) is 0 Å². The molecule has 0 bridgehead atoms. The molecule has 1 aromatic heterocycles. The fourth-order valence-corrected chi connectivity index (χ4v) is 3.01. The minimum absolute atomic E-state index is 0.693. The minimum Gasteiger partial charge on any atom is -0.330 e. The number of nitrogens with zero attached hydrogens (tertiary/aromatic N) is 2. The van der Waals surface area contributed by atoms with Gasteiger partial charge in [0.15, 0.2) is 0 Å². The number of para-hydroxylation sites is 2. The molecule has 3 nitrogen and oxygen atoms in total. The van der Waals surface area contributed by atoms with Crippen LogP contribution in [0.5, 0.6) is 0 Å². The van der Waals surface area contributed by atoms with Crippen LogP contribution in [0.2, 0.25) is 0 Å². The summed E-state index contributed by atoms with van der Waals surface area (Å²) < 4.78 is 2.34. The summed E-state index contributed by atoms with van der Waals surface area (Å²) in [5.41, 5.74) is 8.10. The van der Waals surface area contributed by atoms with Gasteiger partial charge in [-0.1, -0.05) is 26.0 Å². The smallest absolute Gasteiger partial charge is 0.109 e. The Bertz CT molecular complexity index is 542. The number of hydrogen-bond donors (Lipinski definition) is 1. The van der Waals surface area contributed by atoms with Gasteiger partial charge >= 0.3 is 0 Å². The summed E-state index contributed by atoms with van der Waals surface area (Å²) in [7, 11) is 0. The van der Waals surface area contributed by atoms with Crippen molar-refractivity contribution in [2.45, 2.75) is 46.6 Å². The highest BCUT2D eigenvalue weighted by atomic mass is 15.1. The summed E-state index contributed by atoms with van der Waals surface area (Å²) in [5, 5.41) is 0. The molecule has 3 heteroatoms. The van der Waals surface area contributed by atoms with Crippen molar-refractivity contribution in [2.24, 2.45) is 17.6 Å². The number of aromatic nitrogens is 2. The molecule has 0 aliphatic heterocycles. The topological polar surface area (TPSA) is 43.8 Å². The molecular weight excluding hydrogens is 246 g/mol. The maximum atomic E-state index is 5.73. The molecule has 0 spiro atoms. The minimum atomic E-state index is 0.693. The van der Waals surface area contributed by atoms with Crippen LogP contribution >= 0.6 is 0 Å². The maximum absolute atomic E-state index is 5.73. The number of aryl methyl sites for hydroxylation is 2. The van der Waals surface area contributed by atoms with Gasteiger partial charge in [0, 0.05) is 13.0 Å². The summed E-state index contributed by atoms with van der Waals surface area (Å²) >= 11 is 0. The van der Waals surface area contributed by atoms with Crippen molar-refractivity contribution < 1.29 is 0 Å². The lowest BCUT2D eigenvalue weighted by Crippen LogP contribution is -2.16. The molecule has 2 aromatic rings. The zero-order chi connectivity index (χ0) is 14.5. The number of hydrogen-bond acceptors (Lipinski definition) is 2. The van der Waals surface area contributed by atoms with Gasteiger partial charge in [-0.15, -0.1) is 0 Å². The second kappa shape index (κ2) is 6.89. The van der Waals surface area contributed by atoms with Crippen LogP contribution in [0.15, 0.2) is 24.3 Å². The number of nitrogens with two attached hydrogens (primary N) is 1. The van der Waals surface area contributed by atoms with Crippen molar-refractivity contribution in [1.82, 2.24) is 9.55 Å². The number of benzene rings is 1. The summed E-state index contributed by atoms with van der Waals surface area (Å²) in [6.45, 7) is 8.55. The molecule has 0 radical (unpaired) electrons. The van der Waals surface area contributed by atoms with Crippen molar-refractivity contribution in [1.29, 1.82) is 0 Å². The predicted molar refractivity (Wildman–Crippen MR) is 85.7 cm³/mol.